The van der Waals surface area contributed by atoms with Crippen LogP contribution in [-0.4, -0.2) is 64.9 Å². The highest BCUT2D eigenvalue weighted by Crippen LogP contribution is 2.34. The number of ether oxygens (including phenoxy) is 3. The first-order valence-corrected chi connectivity index (χ1v) is 13.3. The molecule has 2 amide bonds. The Bertz CT molecular complexity index is 1360. The molecule has 0 atom stereocenters. The molecule has 1 saturated heterocycles. The molecule has 0 saturated carbocycles. The monoisotopic (exact) mass is 558 g/mol. The predicted octanol–water partition coefficient (Wildman–Crippen LogP) is 6.47. The summed E-state index contributed by atoms with van der Waals surface area (Å²) in [4.78, 5) is 34.0. The lowest BCUT2D eigenvalue weighted by atomic mass is 10.1. The molecule has 216 valence electrons. The van der Waals surface area contributed by atoms with Gasteiger partial charge >= 0.3 is 12.1 Å². The van der Waals surface area contributed by atoms with Crippen LogP contribution < -0.4 is 14.4 Å². The lowest BCUT2D eigenvalue weighted by molar-refractivity contribution is 0.00761. The minimum Gasteiger partial charge on any atom is -0.493 e. The van der Waals surface area contributed by atoms with Crippen molar-refractivity contribution in [3.8, 4) is 11.5 Å². The molecular weight excluding hydrogens is 522 g/mol. The molecule has 1 fully saturated rings. The van der Waals surface area contributed by atoms with Crippen molar-refractivity contribution in [1.29, 1.82) is 0 Å². The topological polar surface area (TPSA) is 86.1 Å². The summed E-state index contributed by atoms with van der Waals surface area (Å²) in [6.45, 7) is 7.80. The molecule has 0 N–H and O–H groups in total. The van der Waals surface area contributed by atoms with Crippen LogP contribution in [0.1, 0.15) is 52.5 Å². The van der Waals surface area contributed by atoms with Crippen LogP contribution in [0.4, 0.5) is 24.1 Å². The van der Waals surface area contributed by atoms with Gasteiger partial charge in [-0.15, -0.1) is 0 Å². The van der Waals surface area contributed by atoms with Crippen molar-refractivity contribution in [2.24, 2.45) is 0 Å². The van der Waals surface area contributed by atoms with Crippen molar-refractivity contribution in [3.05, 3.63) is 48.3 Å². The Morgan fingerprint density at radius 2 is 1.85 bits per heavy atom. The minimum atomic E-state index is -2.75. The third-order valence-electron chi connectivity index (χ3n) is 6.42. The zero-order valence-corrected chi connectivity index (χ0v) is 23.6. The number of carbonyl (C=O) groups is 2. The number of amides is 2. The number of nitrogens with zero attached hydrogens (tertiary/aromatic N) is 4. The molecule has 1 aromatic carbocycles. The second-order valence-electron chi connectivity index (χ2n) is 10.9. The fourth-order valence-electron chi connectivity index (χ4n) is 4.57. The van der Waals surface area contributed by atoms with Crippen LogP contribution in [0.2, 0.25) is 0 Å². The van der Waals surface area contributed by atoms with Gasteiger partial charge in [0.25, 0.3) is 0 Å². The lowest BCUT2D eigenvalue weighted by Gasteiger charge is -2.36. The average molecular weight is 559 g/mol. The van der Waals surface area contributed by atoms with Crippen molar-refractivity contribution >= 4 is 28.8 Å². The Morgan fingerprint density at radius 1 is 1.07 bits per heavy atom. The molecule has 11 heteroatoms. The van der Waals surface area contributed by atoms with Gasteiger partial charge in [-0.25, -0.2) is 27.9 Å². The molecule has 3 aromatic rings. The number of hydrogen-bond donors (Lipinski definition) is 0. The molecular formula is C29H36F2N4O5. The molecule has 0 aliphatic carbocycles. The van der Waals surface area contributed by atoms with Crippen molar-refractivity contribution in [3.63, 3.8) is 0 Å². The van der Waals surface area contributed by atoms with Crippen LogP contribution in [-0.2, 0) is 11.3 Å². The average Bonchev–Trinajstić information content (AvgIpc) is 3.32. The first-order valence-electron chi connectivity index (χ1n) is 13.3. The highest BCUT2D eigenvalue weighted by Gasteiger charge is 2.29. The SMILES string of the molecule is COc1ccc(N2CCCN(Cc3ccnc4c3ccn4C(=O)OC(C)(C)C)C2=O)cc1OCCCC(C)(F)F. The van der Waals surface area contributed by atoms with E-state index < -0.39 is 17.6 Å². The number of halogens is 2. The van der Waals surface area contributed by atoms with E-state index in [4.69, 9.17) is 14.2 Å². The van der Waals surface area contributed by atoms with Crippen molar-refractivity contribution in [2.45, 2.75) is 65.0 Å². The molecule has 0 spiro atoms. The summed E-state index contributed by atoms with van der Waals surface area (Å²) in [6.07, 6.45) is 3.37. The quantitative estimate of drug-likeness (QED) is 0.280. The Kier molecular flexibility index (Phi) is 8.51. The standard InChI is InChI=1S/C29H36F2N4O5/c1-28(2,3)40-27(37)35-16-11-22-20(10-13-32-25(22)35)19-33-14-7-15-34(26(33)36)21-8-9-23(38-5)24(18-21)39-17-6-12-29(4,30)31/h8-11,13,16,18H,6-7,12,14-15,17,19H2,1-5H3. The van der Waals surface area contributed by atoms with E-state index in [1.54, 1.807) is 67.2 Å². The van der Waals surface area contributed by atoms with E-state index >= 15 is 0 Å². The highest BCUT2D eigenvalue weighted by atomic mass is 19.3. The van der Waals surface area contributed by atoms with Gasteiger partial charge in [0.2, 0.25) is 5.92 Å². The summed E-state index contributed by atoms with van der Waals surface area (Å²) >= 11 is 0. The van der Waals surface area contributed by atoms with Gasteiger partial charge in [-0.1, -0.05) is 0 Å². The van der Waals surface area contributed by atoms with Crippen LogP contribution in [0.3, 0.4) is 0 Å². The number of urea groups is 1. The third kappa shape index (κ3) is 7.00. The molecule has 1 aliphatic rings. The number of alkyl halides is 2. The summed E-state index contributed by atoms with van der Waals surface area (Å²) in [5.74, 6) is -1.90. The van der Waals surface area contributed by atoms with Gasteiger partial charge in [-0.2, -0.15) is 0 Å². The van der Waals surface area contributed by atoms with Crippen LogP contribution in [0, 0.1) is 0 Å². The Balaban J connectivity index is 1.50. The summed E-state index contributed by atoms with van der Waals surface area (Å²) < 4.78 is 44.3. The van der Waals surface area contributed by atoms with E-state index in [1.807, 2.05) is 6.07 Å². The maximum absolute atomic E-state index is 13.6. The van der Waals surface area contributed by atoms with Gasteiger partial charge in [0.15, 0.2) is 11.5 Å². The second-order valence-corrected chi connectivity index (χ2v) is 10.9. The summed E-state index contributed by atoms with van der Waals surface area (Å²) in [5.41, 5.74) is 1.30. The van der Waals surface area contributed by atoms with Gasteiger partial charge in [0.1, 0.15) is 11.2 Å². The minimum absolute atomic E-state index is 0.101. The molecule has 4 rings (SSSR count). The van der Waals surface area contributed by atoms with Crippen LogP contribution in [0.5, 0.6) is 11.5 Å². The number of benzene rings is 1. The number of anilines is 1. The number of pyridine rings is 1. The van der Waals surface area contributed by atoms with Gasteiger partial charge in [-0.3, -0.25) is 4.90 Å². The highest BCUT2D eigenvalue weighted by molar-refractivity contribution is 5.94. The van der Waals surface area contributed by atoms with Gasteiger partial charge < -0.3 is 19.1 Å². The Labute approximate surface area is 232 Å². The number of rotatable bonds is 9. The molecule has 2 aromatic heterocycles. The molecule has 1 aliphatic heterocycles. The predicted molar refractivity (Wildman–Crippen MR) is 147 cm³/mol. The molecule has 9 nitrogen and oxygen atoms in total. The molecule has 40 heavy (non-hydrogen) atoms. The van der Waals surface area contributed by atoms with Crippen LogP contribution >= 0.6 is 0 Å². The number of fused-ring (bicyclic) bond motifs is 1. The summed E-state index contributed by atoms with van der Waals surface area (Å²) in [6, 6.07) is 8.65. The van der Waals surface area contributed by atoms with Crippen LogP contribution in [0.25, 0.3) is 11.0 Å². The van der Waals surface area contributed by atoms with E-state index in [1.165, 1.54) is 11.7 Å². The van der Waals surface area contributed by atoms with Crippen molar-refractivity contribution < 1.29 is 32.6 Å². The maximum atomic E-state index is 13.6. The smallest absolute Gasteiger partial charge is 0.420 e. The van der Waals surface area contributed by atoms with Gasteiger partial charge in [0.05, 0.1) is 13.7 Å². The van der Waals surface area contributed by atoms with Crippen molar-refractivity contribution in [1.82, 2.24) is 14.5 Å². The zero-order valence-electron chi connectivity index (χ0n) is 23.6. The van der Waals surface area contributed by atoms with Crippen LogP contribution in [0.15, 0.2) is 42.7 Å². The van der Waals surface area contributed by atoms with E-state index in [2.05, 4.69) is 4.98 Å². The summed E-state index contributed by atoms with van der Waals surface area (Å²) in [5, 5.41) is 0.760. The Morgan fingerprint density at radius 3 is 2.55 bits per heavy atom. The number of hydrogen-bond acceptors (Lipinski definition) is 6. The van der Waals surface area contributed by atoms with Crippen molar-refractivity contribution in [2.75, 3.05) is 31.7 Å². The fourth-order valence-corrected chi connectivity index (χ4v) is 4.57. The number of methoxy groups -OCH3 is 1. The fraction of sp³-hybridized carbons (Fsp3) is 0.483. The zero-order chi connectivity index (χ0) is 29.1. The van der Waals surface area contributed by atoms with Gasteiger partial charge in [-0.05, 0) is 70.4 Å². The normalized spacial score (nSPS) is 14.5. The van der Waals surface area contributed by atoms with E-state index in [0.717, 1.165) is 24.3 Å². The molecule has 0 unspecified atom stereocenters. The van der Waals surface area contributed by atoms with E-state index in [-0.39, 0.29) is 25.5 Å². The molecule has 0 bridgehead atoms. The van der Waals surface area contributed by atoms with Gasteiger partial charge in [0, 0.05) is 55.6 Å². The van der Waals surface area contributed by atoms with E-state index in [9.17, 15) is 18.4 Å². The largest absolute Gasteiger partial charge is 0.493 e. The first kappa shape index (κ1) is 29.1. The summed E-state index contributed by atoms with van der Waals surface area (Å²) in [7, 11) is 1.50. The third-order valence-corrected chi connectivity index (χ3v) is 6.42. The molecule has 3 heterocycles. The maximum Gasteiger partial charge on any atom is 0.420 e. The first-order chi connectivity index (χ1) is 18.9. The second kappa shape index (κ2) is 11.7. The molecule has 0 radical (unpaired) electrons. The lowest BCUT2D eigenvalue weighted by Crippen LogP contribution is -2.49. The Hall–Kier alpha value is -3.89. The van der Waals surface area contributed by atoms with E-state index in [0.29, 0.717) is 42.5 Å². The number of carbonyl (C=O) groups excluding carboxylic acids is 2. The number of aromatic nitrogens is 2.